The Morgan fingerprint density at radius 3 is 2.83 bits per heavy atom. The SMILES string of the molecule is Cc1nn(CCOS)c(C)c1C1SC2=C(CC(C)(C)CC2)C1C. The fourth-order valence-electron chi connectivity index (χ4n) is 4.08. The van der Waals surface area contributed by atoms with Crippen molar-refractivity contribution in [3.05, 3.63) is 27.4 Å². The third kappa shape index (κ3) is 3.24. The van der Waals surface area contributed by atoms with E-state index in [0.29, 0.717) is 23.2 Å². The summed E-state index contributed by atoms with van der Waals surface area (Å²) < 4.78 is 7.00. The number of rotatable bonds is 4. The molecule has 3 rings (SSSR count). The zero-order valence-electron chi connectivity index (χ0n) is 14.8. The van der Waals surface area contributed by atoms with E-state index < -0.39 is 0 Å². The molecule has 2 heterocycles. The molecule has 1 aromatic heterocycles. The number of hydrogen-bond donors (Lipinski definition) is 1. The van der Waals surface area contributed by atoms with E-state index in [9.17, 15) is 0 Å². The van der Waals surface area contributed by atoms with Crippen molar-refractivity contribution in [2.24, 2.45) is 11.3 Å². The van der Waals surface area contributed by atoms with Crippen LogP contribution in [-0.2, 0) is 10.7 Å². The first-order chi connectivity index (χ1) is 10.8. The van der Waals surface area contributed by atoms with Crippen molar-refractivity contribution < 1.29 is 4.18 Å². The van der Waals surface area contributed by atoms with Crippen LogP contribution in [0.5, 0.6) is 0 Å². The molecule has 23 heavy (non-hydrogen) atoms. The number of allylic oxidation sites excluding steroid dienone is 2. The summed E-state index contributed by atoms with van der Waals surface area (Å²) in [4.78, 5) is 1.66. The van der Waals surface area contributed by atoms with Gasteiger partial charge in [0.25, 0.3) is 0 Å². The molecule has 0 saturated carbocycles. The van der Waals surface area contributed by atoms with E-state index in [1.54, 1.807) is 10.5 Å². The van der Waals surface area contributed by atoms with Gasteiger partial charge in [-0.3, -0.25) is 4.68 Å². The number of thiol groups is 1. The van der Waals surface area contributed by atoms with Crippen LogP contribution in [-0.4, -0.2) is 16.4 Å². The Bertz CT molecular complexity index is 633. The lowest BCUT2D eigenvalue weighted by Gasteiger charge is -2.31. The van der Waals surface area contributed by atoms with Gasteiger partial charge in [0.05, 0.1) is 18.8 Å². The first-order valence-electron chi connectivity index (χ1n) is 8.53. The molecule has 0 saturated heterocycles. The summed E-state index contributed by atoms with van der Waals surface area (Å²) in [6.45, 7) is 12.9. The molecular formula is C18H28N2OS2. The van der Waals surface area contributed by atoms with Crippen LogP contribution in [0.1, 0.15) is 62.2 Å². The molecule has 0 bridgehead atoms. The standard InChI is InChI=1S/C18H28N2OS2/c1-11-14-10-18(4,5)7-6-15(14)23-17(11)16-12(2)19-20(13(16)3)8-9-21-22/h11,17,22H,6-10H2,1-5H3. The second-order valence-corrected chi connectivity index (χ2v) is 9.25. The van der Waals surface area contributed by atoms with Crippen molar-refractivity contribution in [3.63, 3.8) is 0 Å². The predicted molar refractivity (Wildman–Crippen MR) is 101 cm³/mol. The van der Waals surface area contributed by atoms with Gasteiger partial charge in [-0.05, 0) is 62.3 Å². The summed E-state index contributed by atoms with van der Waals surface area (Å²) in [6.07, 6.45) is 3.83. The van der Waals surface area contributed by atoms with E-state index in [0.717, 1.165) is 6.54 Å². The molecule has 128 valence electrons. The van der Waals surface area contributed by atoms with Gasteiger partial charge in [0.15, 0.2) is 0 Å². The monoisotopic (exact) mass is 352 g/mol. The zero-order valence-corrected chi connectivity index (χ0v) is 16.6. The van der Waals surface area contributed by atoms with Gasteiger partial charge < -0.3 is 4.18 Å². The fraction of sp³-hybridized carbons (Fsp3) is 0.722. The number of thioether (sulfide) groups is 1. The Balaban J connectivity index is 1.86. The van der Waals surface area contributed by atoms with E-state index in [-0.39, 0.29) is 0 Å². The molecule has 0 amide bonds. The van der Waals surface area contributed by atoms with Crippen LogP contribution in [0.15, 0.2) is 10.5 Å². The highest BCUT2D eigenvalue weighted by atomic mass is 32.2. The van der Waals surface area contributed by atoms with Crippen molar-refractivity contribution >= 4 is 24.7 Å². The van der Waals surface area contributed by atoms with Crippen LogP contribution < -0.4 is 0 Å². The van der Waals surface area contributed by atoms with Crippen LogP contribution in [0.3, 0.4) is 0 Å². The van der Waals surface area contributed by atoms with Crippen LogP contribution in [0.2, 0.25) is 0 Å². The van der Waals surface area contributed by atoms with E-state index in [1.165, 1.54) is 36.2 Å². The largest absolute Gasteiger partial charge is 0.317 e. The molecule has 2 aliphatic rings. The first kappa shape index (κ1) is 17.4. The molecular weight excluding hydrogens is 324 g/mol. The molecule has 2 atom stereocenters. The smallest absolute Gasteiger partial charge is 0.0807 e. The van der Waals surface area contributed by atoms with E-state index in [1.807, 2.05) is 0 Å². The molecule has 2 unspecified atom stereocenters. The van der Waals surface area contributed by atoms with Gasteiger partial charge in [0.1, 0.15) is 0 Å². The number of nitrogens with zero attached hydrogens (tertiary/aromatic N) is 2. The molecule has 0 fully saturated rings. The summed E-state index contributed by atoms with van der Waals surface area (Å²) in [5.41, 5.74) is 6.07. The quantitative estimate of drug-likeness (QED) is 0.592. The Labute approximate surface area is 149 Å². The summed E-state index contributed by atoms with van der Waals surface area (Å²) >= 11 is 5.94. The number of hydrogen-bond acceptors (Lipinski definition) is 4. The average molecular weight is 353 g/mol. The molecule has 5 heteroatoms. The van der Waals surface area contributed by atoms with E-state index >= 15 is 0 Å². The average Bonchev–Trinajstić information content (AvgIpc) is 2.94. The number of aromatic nitrogens is 2. The van der Waals surface area contributed by atoms with Gasteiger partial charge in [0, 0.05) is 16.5 Å². The molecule has 3 nitrogen and oxygen atoms in total. The van der Waals surface area contributed by atoms with Gasteiger partial charge in [-0.1, -0.05) is 26.3 Å². The van der Waals surface area contributed by atoms with Crippen molar-refractivity contribution in [1.29, 1.82) is 0 Å². The maximum atomic E-state index is 4.92. The molecule has 1 aromatic rings. The second kappa shape index (κ2) is 6.49. The maximum absolute atomic E-state index is 4.92. The summed E-state index contributed by atoms with van der Waals surface area (Å²) in [5.74, 6) is 0.616. The van der Waals surface area contributed by atoms with Gasteiger partial charge in [-0.15, -0.1) is 11.8 Å². The topological polar surface area (TPSA) is 27.1 Å². The third-order valence-corrected chi connectivity index (χ3v) is 7.28. The maximum Gasteiger partial charge on any atom is 0.0807 e. The zero-order chi connectivity index (χ0) is 16.8. The van der Waals surface area contributed by atoms with Crippen molar-refractivity contribution in [3.8, 4) is 0 Å². The number of aryl methyl sites for hydroxylation is 1. The van der Waals surface area contributed by atoms with E-state index in [2.05, 4.69) is 64.0 Å². The summed E-state index contributed by atoms with van der Waals surface area (Å²) in [5, 5.41) is 5.27. The summed E-state index contributed by atoms with van der Waals surface area (Å²) in [6, 6.07) is 0. The van der Waals surface area contributed by atoms with Crippen LogP contribution in [0.4, 0.5) is 0 Å². The third-order valence-electron chi connectivity index (χ3n) is 5.45. The van der Waals surface area contributed by atoms with Crippen LogP contribution in [0.25, 0.3) is 0 Å². The second-order valence-electron chi connectivity index (χ2n) is 7.76. The Morgan fingerprint density at radius 1 is 1.39 bits per heavy atom. The highest BCUT2D eigenvalue weighted by Gasteiger charge is 2.40. The molecule has 0 radical (unpaired) electrons. The lowest BCUT2D eigenvalue weighted by molar-refractivity contribution is 0.307. The Morgan fingerprint density at radius 2 is 2.13 bits per heavy atom. The highest BCUT2D eigenvalue weighted by molar-refractivity contribution is 8.03. The Hall–Kier alpha value is -0.390. The molecule has 0 N–H and O–H groups in total. The summed E-state index contributed by atoms with van der Waals surface area (Å²) in [7, 11) is 0. The molecule has 0 spiro atoms. The fourth-order valence-corrected chi connectivity index (χ4v) is 5.92. The van der Waals surface area contributed by atoms with Crippen molar-refractivity contribution in [2.45, 2.75) is 65.7 Å². The van der Waals surface area contributed by atoms with E-state index in [4.69, 9.17) is 9.28 Å². The predicted octanol–water partition coefficient (Wildman–Crippen LogP) is 5.25. The van der Waals surface area contributed by atoms with Crippen LogP contribution in [0, 0.1) is 25.2 Å². The van der Waals surface area contributed by atoms with Crippen molar-refractivity contribution in [1.82, 2.24) is 9.78 Å². The molecule has 0 aromatic carbocycles. The molecule has 1 aliphatic carbocycles. The van der Waals surface area contributed by atoms with Crippen molar-refractivity contribution in [2.75, 3.05) is 6.61 Å². The van der Waals surface area contributed by atoms with Gasteiger partial charge >= 0.3 is 0 Å². The normalized spacial score (nSPS) is 26.7. The van der Waals surface area contributed by atoms with Gasteiger partial charge in [0.2, 0.25) is 0 Å². The lowest BCUT2D eigenvalue weighted by Crippen LogP contribution is -2.19. The highest BCUT2D eigenvalue weighted by Crippen LogP contribution is 2.59. The minimum atomic E-state index is 0.459. The minimum Gasteiger partial charge on any atom is -0.317 e. The lowest BCUT2D eigenvalue weighted by atomic mass is 9.73. The van der Waals surface area contributed by atoms with Gasteiger partial charge in [-0.2, -0.15) is 5.10 Å². The van der Waals surface area contributed by atoms with Gasteiger partial charge in [-0.25, -0.2) is 0 Å². The first-order valence-corrected chi connectivity index (χ1v) is 9.77. The van der Waals surface area contributed by atoms with Crippen LogP contribution >= 0.6 is 24.7 Å². The minimum absolute atomic E-state index is 0.459. The molecule has 1 aliphatic heterocycles. The Kier molecular flexibility index (Phi) is 4.92.